The predicted octanol–water partition coefficient (Wildman–Crippen LogP) is 3.58. The lowest BCUT2D eigenvalue weighted by molar-refractivity contribution is 0.313. The van der Waals surface area contributed by atoms with Crippen LogP contribution in [0.1, 0.15) is 31.3 Å². The number of hydrogen-bond donors (Lipinski definition) is 1. The third-order valence-corrected chi connectivity index (χ3v) is 6.54. The van der Waals surface area contributed by atoms with Crippen molar-refractivity contribution in [3.63, 3.8) is 0 Å². The molecule has 0 aliphatic carbocycles. The van der Waals surface area contributed by atoms with E-state index in [2.05, 4.69) is 81.3 Å². The number of nitrogens with zero attached hydrogens (tertiary/aromatic N) is 6. The first kappa shape index (κ1) is 19.7. The monoisotopic (exact) mass is 409 g/mol. The third-order valence-electron chi connectivity index (χ3n) is 5.07. The minimum absolute atomic E-state index is 0.0829. The summed E-state index contributed by atoms with van der Waals surface area (Å²) in [6.07, 6.45) is 5.16. The number of likely N-dealkylation sites (N-methyl/N-ethyl adjacent to an activating group) is 1. The fourth-order valence-corrected chi connectivity index (χ4v) is 4.30. The normalized spacial score (nSPS) is 16.1. The van der Waals surface area contributed by atoms with Crippen LogP contribution in [0, 0.1) is 0 Å². The molecule has 7 nitrogen and oxygen atoms in total. The second-order valence-electron chi connectivity index (χ2n) is 8.40. The first-order chi connectivity index (χ1) is 13.9. The Morgan fingerprint density at radius 2 is 1.90 bits per heavy atom. The lowest BCUT2D eigenvalue weighted by atomic mass is 9.94. The molecule has 1 aliphatic heterocycles. The van der Waals surface area contributed by atoms with E-state index in [1.807, 2.05) is 6.20 Å². The van der Waals surface area contributed by atoms with Gasteiger partial charge in [0.25, 0.3) is 0 Å². The quantitative estimate of drug-likeness (QED) is 0.525. The number of aromatic nitrogens is 3. The summed E-state index contributed by atoms with van der Waals surface area (Å²) < 4.78 is 0. The highest BCUT2D eigenvalue weighted by Gasteiger charge is 2.19. The van der Waals surface area contributed by atoms with Gasteiger partial charge >= 0.3 is 0 Å². The van der Waals surface area contributed by atoms with Crippen LogP contribution < -0.4 is 10.3 Å². The first-order valence-corrected chi connectivity index (χ1v) is 10.7. The molecule has 0 aromatic carbocycles. The summed E-state index contributed by atoms with van der Waals surface area (Å²) in [4.78, 5) is 20.2. The van der Waals surface area contributed by atoms with Crippen molar-refractivity contribution in [3.05, 3.63) is 41.3 Å². The molecule has 8 heteroatoms. The minimum atomic E-state index is 0.0829. The van der Waals surface area contributed by atoms with E-state index in [1.54, 1.807) is 23.9 Å². The molecule has 3 aromatic rings. The Bertz CT molecular complexity index is 1010. The zero-order valence-corrected chi connectivity index (χ0v) is 18.2. The van der Waals surface area contributed by atoms with Crippen LogP contribution in [-0.4, -0.2) is 59.3 Å². The van der Waals surface area contributed by atoms with E-state index in [-0.39, 0.29) is 5.41 Å². The van der Waals surface area contributed by atoms with Gasteiger partial charge in [-0.2, -0.15) is 5.10 Å². The molecule has 1 aliphatic rings. The van der Waals surface area contributed by atoms with Crippen LogP contribution in [0.5, 0.6) is 0 Å². The Kier molecular flexibility index (Phi) is 5.47. The molecule has 0 saturated carbocycles. The van der Waals surface area contributed by atoms with Gasteiger partial charge < -0.3 is 9.80 Å². The van der Waals surface area contributed by atoms with Crippen LogP contribution in [0.25, 0.3) is 10.2 Å². The highest BCUT2D eigenvalue weighted by Crippen LogP contribution is 2.35. The molecule has 0 unspecified atom stereocenters. The van der Waals surface area contributed by atoms with Crippen LogP contribution in [-0.2, 0) is 5.41 Å². The minimum Gasteiger partial charge on any atom is -0.369 e. The van der Waals surface area contributed by atoms with E-state index < -0.39 is 0 Å². The molecule has 0 spiro atoms. The van der Waals surface area contributed by atoms with Crippen LogP contribution in [0.15, 0.2) is 35.8 Å². The Labute approximate surface area is 175 Å². The fraction of sp³-hybridized carbons (Fsp3) is 0.429. The number of hydrazone groups is 1. The highest BCUT2D eigenvalue weighted by molar-refractivity contribution is 7.18. The Morgan fingerprint density at radius 1 is 1.10 bits per heavy atom. The van der Waals surface area contributed by atoms with E-state index in [0.29, 0.717) is 5.82 Å². The molecule has 1 N–H and O–H groups in total. The summed E-state index contributed by atoms with van der Waals surface area (Å²) in [6, 6.07) is 6.29. The predicted molar refractivity (Wildman–Crippen MR) is 121 cm³/mol. The number of thiophene rings is 1. The molecule has 4 rings (SSSR count). The molecule has 1 saturated heterocycles. The second-order valence-corrected chi connectivity index (χ2v) is 9.43. The lowest BCUT2D eigenvalue weighted by Gasteiger charge is -2.34. The van der Waals surface area contributed by atoms with Crippen molar-refractivity contribution in [1.82, 2.24) is 19.9 Å². The summed E-state index contributed by atoms with van der Waals surface area (Å²) >= 11 is 1.70. The number of piperazine rings is 1. The van der Waals surface area contributed by atoms with Crippen molar-refractivity contribution in [2.45, 2.75) is 26.2 Å². The van der Waals surface area contributed by atoms with Gasteiger partial charge in [-0.25, -0.2) is 9.97 Å². The van der Waals surface area contributed by atoms with Crippen LogP contribution >= 0.6 is 11.3 Å². The van der Waals surface area contributed by atoms with Gasteiger partial charge in [-0.1, -0.05) is 20.8 Å². The molecular formula is C21H27N7S. The number of nitrogens with one attached hydrogen (secondary N) is 1. The fourth-order valence-electron chi connectivity index (χ4n) is 3.24. The van der Waals surface area contributed by atoms with E-state index in [1.165, 1.54) is 10.6 Å². The first-order valence-electron chi connectivity index (χ1n) is 9.84. The Morgan fingerprint density at radius 3 is 2.66 bits per heavy atom. The standard InChI is InChI=1S/C21H27N7S/c1-21(2,3)18-12-17-19(23-14-24-20(17)29-18)26-25-13-15-11-16(5-6-22-15)28-9-7-27(4)8-10-28/h5-6,11-14H,7-10H2,1-4H3,(H,23,24,26). The lowest BCUT2D eigenvalue weighted by Crippen LogP contribution is -2.44. The SMILES string of the molecule is CN1CCN(c2ccnc(C=NNc3ncnc4sc(C(C)(C)C)cc34)c2)CC1. The maximum absolute atomic E-state index is 4.42. The number of pyridine rings is 1. The largest absolute Gasteiger partial charge is 0.369 e. The third kappa shape index (κ3) is 4.54. The smallest absolute Gasteiger partial charge is 0.158 e. The van der Waals surface area contributed by atoms with Gasteiger partial charge in [0.2, 0.25) is 0 Å². The zero-order valence-electron chi connectivity index (χ0n) is 17.4. The molecule has 0 bridgehead atoms. The van der Waals surface area contributed by atoms with Gasteiger partial charge in [0, 0.05) is 42.9 Å². The second kappa shape index (κ2) is 8.04. The van der Waals surface area contributed by atoms with E-state index in [4.69, 9.17) is 0 Å². The molecule has 0 amide bonds. The van der Waals surface area contributed by atoms with Crippen molar-refractivity contribution in [2.75, 3.05) is 43.6 Å². The van der Waals surface area contributed by atoms with Crippen LogP contribution in [0.2, 0.25) is 0 Å². The van der Waals surface area contributed by atoms with Gasteiger partial charge in [0.1, 0.15) is 11.2 Å². The van der Waals surface area contributed by atoms with Crippen molar-refractivity contribution in [2.24, 2.45) is 5.10 Å². The van der Waals surface area contributed by atoms with Gasteiger partial charge in [0.15, 0.2) is 5.82 Å². The van der Waals surface area contributed by atoms with E-state index in [9.17, 15) is 0 Å². The maximum Gasteiger partial charge on any atom is 0.158 e. The summed E-state index contributed by atoms with van der Waals surface area (Å²) in [5.41, 5.74) is 5.16. The van der Waals surface area contributed by atoms with Crippen molar-refractivity contribution < 1.29 is 0 Å². The average molecular weight is 410 g/mol. The number of hydrogen-bond acceptors (Lipinski definition) is 8. The molecule has 29 heavy (non-hydrogen) atoms. The van der Waals surface area contributed by atoms with Crippen molar-refractivity contribution in [1.29, 1.82) is 0 Å². The van der Waals surface area contributed by atoms with Gasteiger partial charge in [0.05, 0.1) is 17.3 Å². The van der Waals surface area contributed by atoms with Gasteiger partial charge in [-0.3, -0.25) is 10.4 Å². The molecule has 0 radical (unpaired) electrons. The average Bonchev–Trinajstić information content (AvgIpc) is 3.15. The molecule has 3 aromatic heterocycles. The van der Waals surface area contributed by atoms with Crippen LogP contribution in [0.3, 0.4) is 0 Å². The van der Waals surface area contributed by atoms with E-state index in [0.717, 1.165) is 42.1 Å². The zero-order chi connectivity index (χ0) is 20.4. The van der Waals surface area contributed by atoms with Crippen molar-refractivity contribution >= 4 is 39.3 Å². The van der Waals surface area contributed by atoms with Crippen molar-refractivity contribution in [3.8, 4) is 0 Å². The molecule has 1 fully saturated rings. The molecule has 4 heterocycles. The Balaban J connectivity index is 1.49. The summed E-state index contributed by atoms with van der Waals surface area (Å²) in [5.74, 6) is 0.716. The number of anilines is 2. The molecular weight excluding hydrogens is 382 g/mol. The highest BCUT2D eigenvalue weighted by atomic mass is 32.1. The maximum atomic E-state index is 4.42. The summed E-state index contributed by atoms with van der Waals surface area (Å²) in [5, 5.41) is 5.38. The van der Waals surface area contributed by atoms with Gasteiger partial charge in [-0.05, 0) is 30.7 Å². The van der Waals surface area contributed by atoms with Crippen LogP contribution in [0.4, 0.5) is 11.5 Å². The Hall–Kier alpha value is -2.58. The number of fused-ring (bicyclic) bond motifs is 1. The molecule has 0 atom stereocenters. The topological polar surface area (TPSA) is 69.5 Å². The number of rotatable bonds is 4. The van der Waals surface area contributed by atoms with Gasteiger partial charge in [-0.15, -0.1) is 11.3 Å². The summed E-state index contributed by atoms with van der Waals surface area (Å²) in [6.45, 7) is 10.8. The van der Waals surface area contributed by atoms with E-state index >= 15 is 0 Å². The summed E-state index contributed by atoms with van der Waals surface area (Å²) in [7, 11) is 2.16. The molecule has 152 valence electrons.